The van der Waals surface area contributed by atoms with Crippen molar-refractivity contribution < 1.29 is 19.0 Å². The third-order valence-corrected chi connectivity index (χ3v) is 10.2. The first-order valence-electron chi connectivity index (χ1n) is 7.92. The Morgan fingerprint density at radius 3 is 1.95 bits per heavy atom. The first-order chi connectivity index (χ1) is 10.6. The first kappa shape index (κ1) is 16.9. The predicted molar refractivity (Wildman–Crippen MR) is 90.4 cm³/mol. The Morgan fingerprint density at radius 2 is 1.55 bits per heavy atom. The Morgan fingerprint density at radius 1 is 1.00 bits per heavy atom. The molecule has 0 amide bonds. The second-order valence-electron chi connectivity index (χ2n) is 5.98. The molecule has 1 aliphatic rings. The van der Waals surface area contributed by atoms with Crippen LogP contribution in [0.25, 0.3) is 0 Å². The lowest BCUT2D eigenvalue weighted by Gasteiger charge is -2.37. The van der Waals surface area contributed by atoms with Gasteiger partial charge in [0.1, 0.15) is 23.0 Å². The minimum atomic E-state index is -1.79. The van der Waals surface area contributed by atoms with Gasteiger partial charge in [0.2, 0.25) is 0 Å². The van der Waals surface area contributed by atoms with Gasteiger partial charge in [-0.25, -0.2) is 0 Å². The van der Waals surface area contributed by atoms with E-state index < -0.39 is 8.07 Å². The van der Waals surface area contributed by atoms with Crippen molar-refractivity contribution in [2.45, 2.75) is 44.3 Å². The fraction of sp³-hybridized carbons (Fsp3) is 0.588. The quantitative estimate of drug-likeness (QED) is 0.755. The van der Waals surface area contributed by atoms with Crippen LogP contribution in [0.5, 0.6) is 17.2 Å². The van der Waals surface area contributed by atoms with Gasteiger partial charge in [-0.2, -0.15) is 0 Å². The second kappa shape index (κ2) is 7.18. The molecule has 1 aromatic rings. The zero-order chi connectivity index (χ0) is 16.2. The van der Waals surface area contributed by atoms with Crippen LogP contribution in [0, 0.1) is 0 Å². The summed E-state index contributed by atoms with van der Waals surface area (Å²) < 4.78 is 16.7. The maximum Gasteiger partial charge on any atom is 0.132 e. The molecular weight excluding hydrogens is 296 g/mol. The molecule has 0 N–H and O–H groups in total. The second-order valence-corrected chi connectivity index (χ2v) is 10.5. The summed E-state index contributed by atoms with van der Waals surface area (Å²) in [5, 5.41) is 1.23. The molecule has 2 rings (SSSR count). The number of benzene rings is 1. The summed E-state index contributed by atoms with van der Waals surface area (Å²) >= 11 is 0. The van der Waals surface area contributed by atoms with E-state index in [0.29, 0.717) is 18.6 Å². The number of rotatable bonds is 6. The van der Waals surface area contributed by atoms with E-state index in [2.05, 4.69) is 6.92 Å². The van der Waals surface area contributed by atoms with E-state index in [-0.39, 0.29) is 0 Å². The van der Waals surface area contributed by atoms with Gasteiger partial charge in [0.15, 0.2) is 0 Å². The van der Waals surface area contributed by atoms with E-state index in [4.69, 9.17) is 14.2 Å². The third kappa shape index (κ3) is 3.14. The van der Waals surface area contributed by atoms with Crippen LogP contribution in [0.1, 0.15) is 26.2 Å². The van der Waals surface area contributed by atoms with E-state index in [9.17, 15) is 4.79 Å². The first-order valence-corrected chi connectivity index (χ1v) is 10.5. The summed E-state index contributed by atoms with van der Waals surface area (Å²) in [7, 11) is 3.24. The maximum absolute atomic E-state index is 11.7. The van der Waals surface area contributed by atoms with E-state index in [1.165, 1.54) is 11.2 Å². The van der Waals surface area contributed by atoms with Crippen molar-refractivity contribution in [3.05, 3.63) is 12.1 Å². The van der Waals surface area contributed by atoms with E-state index in [1.807, 2.05) is 12.1 Å². The molecule has 0 aliphatic carbocycles. The van der Waals surface area contributed by atoms with Crippen molar-refractivity contribution >= 4 is 19.0 Å². The molecule has 1 aliphatic heterocycles. The molecule has 0 saturated carbocycles. The van der Waals surface area contributed by atoms with Crippen molar-refractivity contribution in [1.29, 1.82) is 0 Å². The van der Waals surface area contributed by atoms with Crippen molar-refractivity contribution in [1.82, 2.24) is 0 Å². The van der Waals surface area contributed by atoms with Crippen molar-refractivity contribution in [2.75, 3.05) is 21.3 Å². The average Bonchev–Trinajstić information content (AvgIpc) is 2.56. The smallest absolute Gasteiger partial charge is 0.132 e. The lowest BCUT2D eigenvalue weighted by Crippen LogP contribution is -2.51. The molecule has 1 heterocycles. The van der Waals surface area contributed by atoms with Crippen LogP contribution in [0.2, 0.25) is 18.1 Å². The zero-order valence-electron chi connectivity index (χ0n) is 14.0. The zero-order valence-corrected chi connectivity index (χ0v) is 15.0. The minimum Gasteiger partial charge on any atom is -0.497 e. The Labute approximate surface area is 133 Å². The van der Waals surface area contributed by atoms with Gasteiger partial charge in [-0.15, -0.1) is 0 Å². The number of ketones is 1. The highest BCUT2D eigenvalue weighted by Gasteiger charge is 2.42. The van der Waals surface area contributed by atoms with Crippen LogP contribution in [0.3, 0.4) is 0 Å². The lowest BCUT2D eigenvalue weighted by molar-refractivity contribution is -0.118. The monoisotopic (exact) mass is 322 g/mol. The Hall–Kier alpha value is -1.49. The number of carbonyl (C=O) groups is 1. The highest BCUT2D eigenvalue weighted by atomic mass is 28.3. The molecule has 0 aromatic heterocycles. The molecule has 0 spiro atoms. The Kier molecular flexibility index (Phi) is 5.50. The number of Topliss-reactive ketones (excluding diaryl/α,β-unsaturated/α-hetero) is 1. The number of hydrogen-bond acceptors (Lipinski definition) is 4. The standard InChI is InChI=1S/C17H26O4Si/c1-5-8-22(9-6-13(18)7-10-22)17-15(20-3)11-14(19-2)12-16(17)21-4/h11-12H,5-10H2,1-4H3. The van der Waals surface area contributed by atoms with Gasteiger partial charge in [0.05, 0.1) is 29.4 Å². The normalized spacial score (nSPS) is 17.2. The van der Waals surface area contributed by atoms with Crippen LogP contribution < -0.4 is 19.4 Å². The van der Waals surface area contributed by atoms with Crippen LogP contribution in [0.4, 0.5) is 0 Å². The molecule has 0 bridgehead atoms. The molecule has 1 aromatic carbocycles. The highest BCUT2D eigenvalue weighted by molar-refractivity contribution is 6.93. The van der Waals surface area contributed by atoms with E-state index in [1.54, 1.807) is 21.3 Å². The fourth-order valence-electron chi connectivity index (χ4n) is 3.64. The molecule has 122 valence electrons. The van der Waals surface area contributed by atoms with Crippen LogP contribution >= 0.6 is 0 Å². The van der Waals surface area contributed by atoms with Gasteiger partial charge in [-0.3, -0.25) is 4.79 Å². The van der Waals surface area contributed by atoms with E-state index >= 15 is 0 Å². The molecular formula is C17H26O4Si. The molecule has 0 atom stereocenters. The van der Waals surface area contributed by atoms with Gasteiger partial charge in [-0.05, 0) is 12.1 Å². The summed E-state index contributed by atoms with van der Waals surface area (Å²) in [4.78, 5) is 11.7. The summed E-state index contributed by atoms with van der Waals surface area (Å²) in [6.07, 6.45) is 2.52. The van der Waals surface area contributed by atoms with Gasteiger partial charge in [-0.1, -0.05) is 19.4 Å². The Balaban J connectivity index is 2.57. The van der Waals surface area contributed by atoms with Crippen LogP contribution in [-0.4, -0.2) is 35.2 Å². The summed E-state index contributed by atoms with van der Waals surface area (Å²) in [6.45, 7) is 2.22. The maximum atomic E-state index is 11.7. The SMILES string of the molecule is CCC[Si]1(c2c(OC)cc(OC)cc2OC)CCC(=O)CC1. The molecule has 5 heteroatoms. The fourth-order valence-corrected chi connectivity index (χ4v) is 9.01. The number of carbonyl (C=O) groups excluding carboxylic acids is 1. The molecule has 1 fully saturated rings. The average molecular weight is 322 g/mol. The summed E-state index contributed by atoms with van der Waals surface area (Å²) in [5.41, 5.74) is 0. The highest BCUT2D eigenvalue weighted by Crippen LogP contribution is 2.38. The van der Waals surface area contributed by atoms with Crippen LogP contribution in [0.15, 0.2) is 12.1 Å². The van der Waals surface area contributed by atoms with Gasteiger partial charge in [0, 0.05) is 30.2 Å². The largest absolute Gasteiger partial charge is 0.497 e. The van der Waals surface area contributed by atoms with Gasteiger partial charge < -0.3 is 14.2 Å². The molecule has 0 unspecified atom stereocenters. The molecule has 0 radical (unpaired) electrons. The number of hydrogen-bond donors (Lipinski definition) is 0. The molecule has 1 saturated heterocycles. The summed E-state index contributed by atoms with van der Waals surface area (Å²) in [6, 6.07) is 7.05. The van der Waals surface area contributed by atoms with Crippen molar-refractivity contribution in [3.63, 3.8) is 0 Å². The topological polar surface area (TPSA) is 44.8 Å². The van der Waals surface area contributed by atoms with Crippen molar-refractivity contribution in [2.24, 2.45) is 0 Å². The van der Waals surface area contributed by atoms with Crippen molar-refractivity contribution in [3.8, 4) is 17.2 Å². The van der Waals surface area contributed by atoms with Gasteiger partial charge >= 0.3 is 0 Å². The summed E-state index contributed by atoms with van der Waals surface area (Å²) in [5.74, 6) is 2.84. The molecule has 4 nitrogen and oxygen atoms in total. The predicted octanol–water partition coefficient (Wildman–Crippen LogP) is 3.14. The van der Waals surface area contributed by atoms with Gasteiger partial charge in [0.25, 0.3) is 0 Å². The lowest BCUT2D eigenvalue weighted by atomic mass is 10.2. The van der Waals surface area contributed by atoms with E-state index in [0.717, 1.165) is 35.8 Å². The number of methoxy groups -OCH3 is 3. The minimum absolute atomic E-state index is 0.394. The van der Waals surface area contributed by atoms with Crippen LogP contribution in [-0.2, 0) is 4.79 Å². The number of ether oxygens (including phenoxy) is 3. The molecule has 22 heavy (non-hydrogen) atoms. The third-order valence-electron chi connectivity index (χ3n) is 4.74. The Bertz CT molecular complexity index is 506.